The van der Waals surface area contributed by atoms with Crippen molar-refractivity contribution < 1.29 is 4.42 Å². The zero-order valence-corrected chi connectivity index (χ0v) is 12.2. The molecule has 0 atom stereocenters. The Balaban J connectivity index is 1.86. The Labute approximate surface area is 122 Å². The van der Waals surface area contributed by atoms with Gasteiger partial charge < -0.3 is 4.42 Å². The molecule has 1 N–H and O–H groups in total. The predicted molar refractivity (Wildman–Crippen MR) is 83.7 cm³/mol. The lowest BCUT2D eigenvalue weighted by Gasteiger charge is -2.01. The Morgan fingerprint density at radius 1 is 1.10 bits per heavy atom. The van der Waals surface area contributed by atoms with Gasteiger partial charge in [0.2, 0.25) is 5.95 Å². The molecule has 0 saturated heterocycles. The maximum Gasteiger partial charge on any atom is 0.243 e. The number of aromatic nitrogens is 2. The molecule has 3 rings (SSSR count). The molecule has 0 aliphatic rings. The van der Waals surface area contributed by atoms with Gasteiger partial charge in [0.25, 0.3) is 0 Å². The molecule has 0 saturated carbocycles. The van der Waals surface area contributed by atoms with E-state index in [0.29, 0.717) is 5.95 Å². The molecular formula is C16H16N4O. The first-order valence-corrected chi connectivity index (χ1v) is 6.73. The largest absolute Gasteiger partial charge is 0.461 e. The van der Waals surface area contributed by atoms with E-state index in [0.717, 1.165) is 33.7 Å². The standard InChI is InChI=1S/C16H16N4O/c1-10-8-11(2)19-16(18-10)20-17-9-14-12(3)21-15-7-5-4-6-13(14)15/h4-9H,1-3H3,(H,18,19,20)/b17-9+. The summed E-state index contributed by atoms with van der Waals surface area (Å²) in [6, 6.07) is 9.81. The summed E-state index contributed by atoms with van der Waals surface area (Å²) in [5.41, 5.74) is 6.50. The third-order valence-corrected chi connectivity index (χ3v) is 3.16. The minimum absolute atomic E-state index is 0.495. The van der Waals surface area contributed by atoms with Gasteiger partial charge in [0.1, 0.15) is 11.3 Å². The fourth-order valence-corrected chi connectivity index (χ4v) is 2.28. The number of hydrogen-bond donors (Lipinski definition) is 1. The van der Waals surface area contributed by atoms with Gasteiger partial charge in [-0.15, -0.1) is 0 Å². The number of para-hydroxylation sites is 1. The third-order valence-electron chi connectivity index (χ3n) is 3.16. The smallest absolute Gasteiger partial charge is 0.243 e. The van der Waals surface area contributed by atoms with Crippen molar-refractivity contribution >= 4 is 23.1 Å². The Kier molecular flexibility index (Phi) is 3.39. The molecule has 21 heavy (non-hydrogen) atoms. The summed E-state index contributed by atoms with van der Waals surface area (Å²) in [6.45, 7) is 5.78. The molecule has 0 unspecified atom stereocenters. The Bertz CT molecular complexity index is 800. The molecule has 0 radical (unpaired) electrons. The highest BCUT2D eigenvalue weighted by Gasteiger charge is 2.07. The number of benzene rings is 1. The van der Waals surface area contributed by atoms with Crippen molar-refractivity contribution in [1.82, 2.24) is 9.97 Å². The lowest BCUT2D eigenvalue weighted by Crippen LogP contribution is -1.99. The minimum Gasteiger partial charge on any atom is -0.461 e. The number of nitrogens with one attached hydrogen (secondary N) is 1. The number of anilines is 1. The van der Waals surface area contributed by atoms with Crippen LogP contribution in [0.15, 0.2) is 39.9 Å². The first-order valence-electron chi connectivity index (χ1n) is 6.73. The van der Waals surface area contributed by atoms with E-state index in [1.54, 1.807) is 6.21 Å². The van der Waals surface area contributed by atoms with E-state index in [4.69, 9.17) is 4.42 Å². The second-order valence-electron chi connectivity index (χ2n) is 4.91. The number of rotatable bonds is 3. The fourth-order valence-electron chi connectivity index (χ4n) is 2.28. The highest BCUT2D eigenvalue weighted by atomic mass is 16.3. The summed E-state index contributed by atoms with van der Waals surface area (Å²) >= 11 is 0. The van der Waals surface area contributed by atoms with Crippen molar-refractivity contribution in [2.24, 2.45) is 5.10 Å². The monoisotopic (exact) mass is 280 g/mol. The lowest BCUT2D eigenvalue weighted by molar-refractivity contribution is 0.578. The van der Waals surface area contributed by atoms with Crippen molar-refractivity contribution in [2.45, 2.75) is 20.8 Å². The van der Waals surface area contributed by atoms with Gasteiger partial charge in [-0.3, -0.25) is 0 Å². The van der Waals surface area contributed by atoms with Crippen molar-refractivity contribution in [3.8, 4) is 0 Å². The van der Waals surface area contributed by atoms with Gasteiger partial charge >= 0.3 is 0 Å². The zero-order valence-electron chi connectivity index (χ0n) is 12.2. The van der Waals surface area contributed by atoms with E-state index in [2.05, 4.69) is 20.5 Å². The molecule has 0 amide bonds. The Morgan fingerprint density at radius 2 is 1.81 bits per heavy atom. The van der Waals surface area contributed by atoms with E-state index in [1.807, 2.05) is 51.1 Å². The van der Waals surface area contributed by atoms with Gasteiger partial charge in [0.05, 0.1) is 6.21 Å². The molecule has 2 heterocycles. The number of aryl methyl sites for hydroxylation is 3. The summed E-state index contributed by atoms with van der Waals surface area (Å²) in [5, 5.41) is 5.26. The molecule has 1 aromatic carbocycles. The SMILES string of the molecule is Cc1cc(C)nc(N/N=C/c2c(C)oc3ccccc23)n1. The molecular weight excluding hydrogens is 264 g/mol. The van der Waals surface area contributed by atoms with Crippen molar-refractivity contribution in [3.05, 3.63) is 53.0 Å². The summed E-state index contributed by atoms with van der Waals surface area (Å²) in [5.74, 6) is 1.33. The quantitative estimate of drug-likeness (QED) is 0.588. The van der Waals surface area contributed by atoms with Gasteiger partial charge in [0, 0.05) is 22.3 Å². The van der Waals surface area contributed by atoms with Crippen LogP contribution in [-0.2, 0) is 0 Å². The summed E-state index contributed by atoms with van der Waals surface area (Å²) < 4.78 is 5.69. The summed E-state index contributed by atoms with van der Waals surface area (Å²) in [7, 11) is 0. The zero-order chi connectivity index (χ0) is 14.8. The maximum atomic E-state index is 5.69. The lowest BCUT2D eigenvalue weighted by atomic mass is 10.1. The van der Waals surface area contributed by atoms with Crippen LogP contribution in [0.4, 0.5) is 5.95 Å². The van der Waals surface area contributed by atoms with Gasteiger partial charge in [-0.25, -0.2) is 15.4 Å². The van der Waals surface area contributed by atoms with Gasteiger partial charge in [-0.2, -0.15) is 5.10 Å². The average Bonchev–Trinajstić information content (AvgIpc) is 2.74. The Morgan fingerprint density at radius 3 is 2.57 bits per heavy atom. The highest BCUT2D eigenvalue weighted by molar-refractivity contribution is 5.99. The second kappa shape index (κ2) is 5.36. The van der Waals surface area contributed by atoms with E-state index in [1.165, 1.54) is 0 Å². The topological polar surface area (TPSA) is 63.3 Å². The van der Waals surface area contributed by atoms with E-state index >= 15 is 0 Å². The number of fused-ring (bicyclic) bond motifs is 1. The van der Waals surface area contributed by atoms with Crippen LogP contribution in [0.2, 0.25) is 0 Å². The van der Waals surface area contributed by atoms with E-state index < -0.39 is 0 Å². The van der Waals surface area contributed by atoms with Crippen LogP contribution in [0.3, 0.4) is 0 Å². The molecule has 106 valence electrons. The van der Waals surface area contributed by atoms with Crippen LogP contribution in [0, 0.1) is 20.8 Å². The second-order valence-corrected chi connectivity index (χ2v) is 4.91. The fraction of sp³-hybridized carbons (Fsp3) is 0.188. The van der Waals surface area contributed by atoms with Crippen LogP contribution in [0.1, 0.15) is 22.7 Å². The molecule has 0 bridgehead atoms. The molecule has 3 aromatic rings. The van der Waals surface area contributed by atoms with E-state index in [9.17, 15) is 0 Å². The molecule has 0 spiro atoms. The molecule has 0 aliphatic carbocycles. The van der Waals surface area contributed by atoms with E-state index in [-0.39, 0.29) is 0 Å². The van der Waals surface area contributed by atoms with Gasteiger partial charge in [-0.05, 0) is 32.9 Å². The number of furan rings is 1. The van der Waals surface area contributed by atoms with Gasteiger partial charge in [0.15, 0.2) is 0 Å². The van der Waals surface area contributed by atoms with Crippen LogP contribution < -0.4 is 5.43 Å². The third kappa shape index (κ3) is 2.76. The van der Waals surface area contributed by atoms with Crippen LogP contribution in [-0.4, -0.2) is 16.2 Å². The number of hydrazone groups is 1. The molecule has 0 fully saturated rings. The first kappa shape index (κ1) is 13.3. The summed E-state index contributed by atoms with van der Waals surface area (Å²) in [6.07, 6.45) is 1.74. The number of hydrogen-bond acceptors (Lipinski definition) is 5. The molecule has 2 aromatic heterocycles. The molecule has 5 heteroatoms. The molecule has 5 nitrogen and oxygen atoms in total. The van der Waals surface area contributed by atoms with Crippen LogP contribution in [0.25, 0.3) is 11.0 Å². The summed E-state index contributed by atoms with van der Waals surface area (Å²) in [4.78, 5) is 8.56. The highest BCUT2D eigenvalue weighted by Crippen LogP contribution is 2.23. The normalized spacial score (nSPS) is 11.4. The van der Waals surface area contributed by atoms with Crippen LogP contribution in [0.5, 0.6) is 0 Å². The predicted octanol–water partition coefficient (Wildman–Crippen LogP) is 3.59. The van der Waals surface area contributed by atoms with Crippen LogP contribution >= 0.6 is 0 Å². The van der Waals surface area contributed by atoms with Crippen molar-refractivity contribution in [2.75, 3.05) is 5.43 Å². The average molecular weight is 280 g/mol. The number of nitrogens with zero attached hydrogens (tertiary/aromatic N) is 3. The molecule has 0 aliphatic heterocycles. The van der Waals surface area contributed by atoms with Gasteiger partial charge in [-0.1, -0.05) is 18.2 Å². The van der Waals surface area contributed by atoms with Crippen molar-refractivity contribution in [3.63, 3.8) is 0 Å². The Hall–Kier alpha value is -2.69. The first-order chi connectivity index (χ1) is 10.1. The minimum atomic E-state index is 0.495. The van der Waals surface area contributed by atoms with Crippen molar-refractivity contribution in [1.29, 1.82) is 0 Å². The maximum absolute atomic E-state index is 5.69.